The van der Waals surface area contributed by atoms with Gasteiger partial charge in [0.25, 0.3) is 0 Å². The number of rotatable bonds is 10. The Kier molecular flexibility index (Phi) is 10.1. The zero-order chi connectivity index (χ0) is 16.0. The summed E-state index contributed by atoms with van der Waals surface area (Å²) in [5, 5.41) is 6.57. The third-order valence-corrected chi connectivity index (χ3v) is 3.06. The molecule has 0 bridgehead atoms. The third kappa shape index (κ3) is 8.00. The van der Waals surface area contributed by atoms with Gasteiger partial charge in [0.15, 0.2) is 5.96 Å². The van der Waals surface area contributed by atoms with Gasteiger partial charge in [0.05, 0.1) is 13.2 Å². The molecule has 0 saturated heterocycles. The van der Waals surface area contributed by atoms with Crippen LogP contribution in [-0.4, -0.2) is 39.4 Å². The lowest BCUT2D eigenvalue weighted by Crippen LogP contribution is -2.38. The molecule has 0 saturated carbocycles. The molecule has 0 aliphatic rings. The molecule has 1 rings (SSSR count). The zero-order valence-corrected chi connectivity index (χ0v) is 14.0. The summed E-state index contributed by atoms with van der Waals surface area (Å²) >= 11 is 0. The summed E-state index contributed by atoms with van der Waals surface area (Å²) in [5.41, 5.74) is 2.36. The first kappa shape index (κ1) is 18.5. The quantitative estimate of drug-likeness (QED) is 0.396. The van der Waals surface area contributed by atoms with Crippen molar-refractivity contribution in [1.82, 2.24) is 10.6 Å². The molecular weight excluding hydrogens is 278 g/mol. The van der Waals surface area contributed by atoms with E-state index in [1.807, 2.05) is 6.92 Å². The Balaban J connectivity index is 2.43. The van der Waals surface area contributed by atoms with Crippen LogP contribution >= 0.6 is 0 Å². The SMILES string of the molecule is CCNC(=NCc1ccc(COC)cc1)NCCCOCC. The summed E-state index contributed by atoms with van der Waals surface area (Å²) in [6, 6.07) is 8.35. The molecule has 5 heteroatoms. The van der Waals surface area contributed by atoms with Crippen molar-refractivity contribution in [3.63, 3.8) is 0 Å². The Labute approximate surface area is 134 Å². The van der Waals surface area contributed by atoms with Crippen LogP contribution in [0.4, 0.5) is 0 Å². The topological polar surface area (TPSA) is 54.9 Å². The fourth-order valence-corrected chi connectivity index (χ4v) is 1.95. The van der Waals surface area contributed by atoms with Crippen molar-refractivity contribution in [3.05, 3.63) is 35.4 Å². The Bertz CT molecular complexity index is 418. The van der Waals surface area contributed by atoms with Gasteiger partial charge < -0.3 is 20.1 Å². The minimum Gasteiger partial charge on any atom is -0.382 e. The Morgan fingerprint density at radius 3 is 2.45 bits per heavy atom. The average molecular weight is 307 g/mol. The van der Waals surface area contributed by atoms with Crippen molar-refractivity contribution in [2.75, 3.05) is 33.4 Å². The number of ether oxygens (including phenoxy) is 2. The van der Waals surface area contributed by atoms with Crippen LogP contribution in [-0.2, 0) is 22.6 Å². The van der Waals surface area contributed by atoms with Gasteiger partial charge in [-0.2, -0.15) is 0 Å². The van der Waals surface area contributed by atoms with E-state index in [0.29, 0.717) is 13.2 Å². The molecule has 1 aromatic carbocycles. The van der Waals surface area contributed by atoms with Gasteiger partial charge in [-0.1, -0.05) is 24.3 Å². The van der Waals surface area contributed by atoms with Crippen molar-refractivity contribution in [2.45, 2.75) is 33.4 Å². The molecule has 22 heavy (non-hydrogen) atoms. The molecule has 0 aliphatic heterocycles. The van der Waals surface area contributed by atoms with Gasteiger partial charge in [-0.25, -0.2) is 4.99 Å². The lowest BCUT2D eigenvalue weighted by atomic mass is 10.1. The van der Waals surface area contributed by atoms with Crippen LogP contribution in [0.25, 0.3) is 0 Å². The molecule has 0 aromatic heterocycles. The maximum atomic E-state index is 5.33. The minimum atomic E-state index is 0.646. The number of methoxy groups -OCH3 is 1. The van der Waals surface area contributed by atoms with Crippen molar-refractivity contribution < 1.29 is 9.47 Å². The maximum Gasteiger partial charge on any atom is 0.191 e. The molecule has 0 amide bonds. The van der Waals surface area contributed by atoms with Crippen LogP contribution in [0.15, 0.2) is 29.3 Å². The first-order valence-electron chi connectivity index (χ1n) is 7.96. The second kappa shape index (κ2) is 12.0. The predicted molar refractivity (Wildman–Crippen MR) is 91.1 cm³/mol. The van der Waals surface area contributed by atoms with Crippen LogP contribution < -0.4 is 10.6 Å². The molecule has 0 fully saturated rings. The van der Waals surface area contributed by atoms with E-state index in [0.717, 1.165) is 38.7 Å². The van der Waals surface area contributed by atoms with Crippen molar-refractivity contribution in [3.8, 4) is 0 Å². The van der Waals surface area contributed by atoms with Crippen molar-refractivity contribution in [1.29, 1.82) is 0 Å². The summed E-state index contributed by atoms with van der Waals surface area (Å²) in [6.07, 6.45) is 0.976. The molecule has 0 aliphatic carbocycles. The number of nitrogens with one attached hydrogen (secondary N) is 2. The summed E-state index contributed by atoms with van der Waals surface area (Å²) < 4.78 is 10.4. The first-order valence-corrected chi connectivity index (χ1v) is 7.96. The Morgan fingerprint density at radius 2 is 1.82 bits per heavy atom. The van der Waals surface area contributed by atoms with Gasteiger partial charge in [-0.05, 0) is 31.4 Å². The monoisotopic (exact) mass is 307 g/mol. The summed E-state index contributed by atoms with van der Waals surface area (Å²) in [4.78, 5) is 4.60. The van der Waals surface area contributed by atoms with Gasteiger partial charge in [0.2, 0.25) is 0 Å². The second-order valence-electron chi connectivity index (χ2n) is 4.92. The molecule has 1 aromatic rings. The van der Waals surface area contributed by atoms with E-state index in [1.165, 1.54) is 11.1 Å². The lowest BCUT2D eigenvalue weighted by Gasteiger charge is -2.11. The third-order valence-electron chi connectivity index (χ3n) is 3.06. The fraction of sp³-hybridized carbons (Fsp3) is 0.588. The van der Waals surface area contributed by atoms with Gasteiger partial charge >= 0.3 is 0 Å². The molecular formula is C17H29N3O2. The largest absolute Gasteiger partial charge is 0.382 e. The normalized spacial score (nSPS) is 11.5. The van der Waals surface area contributed by atoms with Gasteiger partial charge in [0.1, 0.15) is 0 Å². The molecule has 124 valence electrons. The van der Waals surface area contributed by atoms with E-state index in [9.17, 15) is 0 Å². The highest BCUT2D eigenvalue weighted by Gasteiger charge is 1.98. The number of hydrogen-bond acceptors (Lipinski definition) is 3. The van der Waals surface area contributed by atoms with E-state index < -0.39 is 0 Å². The van der Waals surface area contributed by atoms with Crippen LogP contribution in [0, 0.1) is 0 Å². The highest BCUT2D eigenvalue weighted by atomic mass is 16.5. The van der Waals surface area contributed by atoms with Crippen LogP contribution in [0.5, 0.6) is 0 Å². The number of guanidine groups is 1. The smallest absolute Gasteiger partial charge is 0.191 e. The van der Waals surface area contributed by atoms with Crippen LogP contribution in [0.1, 0.15) is 31.4 Å². The molecule has 2 N–H and O–H groups in total. The van der Waals surface area contributed by atoms with Crippen LogP contribution in [0.3, 0.4) is 0 Å². The summed E-state index contributed by atoms with van der Waals surface area (Å²) in [6.45, 7) is 8.65. The minimum absolute atomic E-state index is 0.646. The fourth-order valence-electron chi connectivity index (χ4n) is 1.95. The van der Waals surface area contributed by atoms with E-state index >= 15 is 0 Å². The Hall–Kier alpha value is -1.59. The maximum absolute atomic E-state index is 5.33. The first-order chi connectivity index (χ1) is 10.8. The van der Waals surface area contributed by atoms with E-state index in [1.54, 1.807) is 7.11 Å². The summed E-state index contributed by atoms with van der Waals surface area (Å²) in [7, 11) is 1.71. The molecule has 0 radical (unpaired) electrons. The van der Waals surface area contributed by atoms with E-state index in [2.05, 4.69) is 46.8 Å². The second-order valence-corrected chi connectivity index (χ2v) is 4.92. The number of aliphatic imine (C=N–C) groups is 1. The molecule has 0 spiro atoms. The van der Waals surface area contributed by atoms with Gasteiger partial charge in [0, 0.05) is 33.4 Å². The number of hydrogen-bond donors (Lipinski definition) is 2. The number of nitrogens with zero attached hydrogens (tertiary/aromatic N) is 1. The molecule has 5 nitrogen and oxygen atoms in total. The molecule has 0 unspecified atom stereocenters. The zero-order valence-electron chi connectivity index (χ0n) is 14.0. The standard InChI is InChI=1S/C17H29N3O2/c1-4-18-17(19-11-6-12-22-5-2)20-13-15-7-9-16(10-8-15)14-21-3/h7-10H,4-6,11-14H2,1-3H3,(H2,18,19,20). The highest BCUT2D eigenvalue weighted by molar-refractivity contribution is 5.79. The van der Waals surface area contributed by atoms with Crippen LogP contribution in [0.2, 0.25) is 0 Å². The summed E-state index contributed by atoms with van der Waals surface area (Å²) in [5.74, 6) is 0.847. The van der Waals surface area contributed by atoms with Gasteiger partial charge in [-0.3, -0.25) is 0 Å². The Morgan fingerprint density at radius 1 is 1.09 bits per heavy atom. The average Bonchev–Trinajstić information content (AvgIpc) is 2.54. The van der Waals surface area contributed by atoms with Crippen molar-refractivity contribution >= 4 is 5.96 Å². The number of benzene rings is 1. The molecule has 0 atom stereocenters. The predicted octanol–water partition coefficient (Wildman–Crippen LogP) is 2.31. The van der Waals surface area contributed by atoms with Crippen molar-refractivity contribution in [2.24, 2.45) is 4.99 Å². The van der Waals surface area contributed by atoms with E-state index in [-0.39, 0.29) is 0 Å². The highest BCUT2D eigenvalue weighted by Crippen LogP contribution is 2.06. The van der Waals surface area contributed by atoms with E-state index in [4.69, 9.17) is 9.47 Å². The van der Waals surface area contributed by atoms with Gasteiger partial charge in [-0.15, -0.1) is 0 Å². The lowest BCUT2D eigenvalue weighted by molar-refractivity contribution is 0.145. The molecule has 0 heterocycles.